The third kappa shape index (κ3) is 3.98. The van der Waals surface area contributed by atoms with Crippen molar-refractivity contribution < 1.29 is 9.68 Å². The molecule has 0 radical (unpaired) electrons. The Hall–Kier alpha value is -4.65. The van der Waals surface area contributed by atoms with Crippen molar-refractivity contribution in [2.75, 3.05) is 19.0 Å². The highest BCUT2D eigenvalue weighted by Gasteiger charge is 2.47. The fourth-order valence-electron chi connectivity index (χ4n) is 7.69. The Labute approximate surface area is 258 Å². The molecule has 2 aromatic carbocycles. The SMILES string of the molecule is C=C(C1=C(c2c([O-])n(C)c(=O)n(C)c2=O)/C(=C/C=C2/N(C)c3ccccc3C2(C)C)CC1)C1=[N+](C)c2ccccc2C1(C)C. The summed E-state index contributed by atoms with van der Waals surface area (Å²) in [6.45, 7) is 13.4. The number of para-hydroxylation sites is 2. The van der Waals surface area contributed by atoms with Gasteiger partial charge < -0.3 is 14.6 Å². The largest absolute Gasteiger partial charge is 0.859 e. The van der Waals surface area contributed by atoms with E-state index in [0.29, 0.717) is 18.4 Å². The highest BCUT2D eigenvalue weighted by Crippen LogP contribution is 2.49. The molecule has 0 atom stereocenters. The minimum atomic E-state index is -0.635. The molecule has 0 amide bonds. The van der Waals surface area contributed by atoms with Crippen molar-refractivity contribution >= 4 is 22.7 Å². The van der Waals surface area contributed by atoms with Crippen LogP contribution in [0.5, 0.6) is 5.88 Å². The molecule has 0 bridgehead atoms. The second-order valence-electron chi connectivity index (χ2n) is 13.2. The summed E-state index contributed by atoms with van der Waals surface area (Å²) in [4.78, 5) is 28.6. The molecule has 1 aliphatic carbocycles. The van der Waals surface area contributed by atoms with Crippen LogP contribution in [0.15, 0.2) is 99.3 Å². The maximum Gasteiger partial charge on any atom is 0.329 e. The third-order valence-electron chi connectivity index (χ3n) is 10.0. The van der Waals surface area contributed by atoms with Crippen LogP contribution in [0.2, 0.25) is 0 Å². The molecule has 0 fully saturated rings. The monoisotopic (exact) mass is 588 g/mol. The van der Waals surface area contributed by atoms with Crippen LogP contribution in [0, 0.1) is 0 Å². The zero-order valence-corrected chi connectivity index (χ0v) is 26.9. The van der Waals surface area contributed by atoms with Gasteiger partial charge in [0.15, 0.2) is 5.71 Å². The summed E-state index contributed by atoms with van der Waals surface area (Å²) in [5.41, 5.74) is 8.26. The zero-order chi connectivity index (χ0) is 31.9. The summed E-state index contributed by atoms with van der Waals surface area (Å²) in [5, 5.41) is 13.7. The van der Waals surface area contributed by atoms with Gasteiger partial charge in [0.05, 0.1) is 11.0 Å². The van der Waals surface area contributed by atoms with Crippen LogP contribution >= 0.6 is 0 Å². The standard InChI is InChI=1S/C37H40N4O3/c1-22(32-37(4,5)26-15-11-13-17-28(26)39(32)7)24-20-18-23(30(24)31-33(42)40(8)35(44)41(9)34(31)43)19-21-29-36(2,3)25-14-10-12-16-27(25)38(29)6/h10-17,19,21H,1,18,20H2,2-9H3/b23-19+,29-21+. The van der Waals surface area contributed by atoms with E-state index in [1.54, 1.807) is 0 Å². The number of likely N-dealkylation sites (N-methyl/N-ethyl adjacent to an activating group) is 1. The van der Waals surface area contributed by atoms with E-state index in [2.05, 4.69) is 93.3 Å². The molecule has 7 nitrogen and oxygen atoms in total. The van der Waals surface area contributed by atoms with E-state index < -0.39 is 17.1 Å². The van der Waals surface area contributed by atoms with Gasteiger partial charge in [0, 0.05) is 55.1 Å². The Bertz CT molecular complexity index is 2030. The molecule has 2 aliphatic heterocycles. The molecule has 0 unspecified atom stereocenters. The second-order valence-corrected chi connectivity index (χ2v) is 13.2. The Morgan fingerprint density at radius 3 is 2.18 bits per heavy atom. The average Bonchev–Trinajstić information content (AvgIpc) is 3.56. The summed E-state index contributed by atoms with van der Waals surface area (Å²) in [5.74, 6) is -0.586. The number of anilines is 1. The second kappa shape index (κ2) is 9.94. The minimum absolute atomic E-state index is 0.0202. The molecule has 6 rings (SSSR count). The van der Waals surface area contributed by atoms with Crippen LogP contribution in [-0.4, -0.2) is 33.5 Å². The van der Waals surface area contributed by atoms with Crippen LogP contribution in [0.4, 0.5) is 11.4 Å². The Morgan fingerprint density at radius 1 is 0.886 bits per heavy atom. The lowest BCUT2D eigenvalue weighted by atomic mass is 9.77. The lowest BCUT2D eigenvalue weighted by molar-refractivity contribution is -0.402. The highest BCUT2D eigenvalue weighted by atomic mass is 16.3. The molecule has 0 saturated heterocycles. The molecule has 0 N–H and O–H groups in total. The van der Waals surface area contributed by atoms with E-state index in [0.717, 1.165) is 48.6 Å². The van der Waals surface area contributed by atoms with E-state index in [4.69, 9.17) is 0 Å². The van der Waals surface area contributed by atoms with Gasteiger partial charge in [0.2, 0.25) is 5.69 Å². The van der Waals surface area contributed by atoms with Crippen molar-refractivity contribution in [3.05, 3.63) is 127 Å². The highest BCUT2D eigenvalue weighted by molar-refractivity contribution is 6.12. The van der Waals surface area contributed by atoms with Crippen molar-refractivity contribution in [2.45, 2.75) is 51.4 Å². The molecule has 44 heavy (non-hydrogen) atoms. The van der Waals surface area contributed by atoms with Crippen molar-refractivity contribution in [2.24, 2.45) is 14.1 Å². The molecule has 0 spiro atoms. The summed E-state index contributed by atoms with van der Waals surface area (Å²) >= 11 is 0. The molecular formula is C37H40N4O3. The van der Waals surface area contributed by atoms with Gasteiger partial charge in [-0.15, -0.1) is 0 Å². The van der Waals surface area contributed by atoms with E-state index in [1.807, 2.05) is 25.2 Å². The predicted octanol–water partition coefficient (Wildman–Crippen LogP) is 5.21. The normalized spacial score (nSPS) is 20.2. The first-order valence-corrected chi connectivity index (χ1v) is 15.1. The van der Waals surface area contributed by atoms with Crippen molar-refractivity contribution in [1.29, 1.82) is 0 Å². The molecule has 0 saturated carbocycles. The maximum absolute atomic E-state index is 13.7. The Kier molecular flexibility index (Phi) is 6.65. The third-order valence-corrected chi connectivity index (χ3v) is 10.0. The first kappa shape index (κ1) is 29.4. The molecule has 226 valence electrons. The van der Waals surface area contributed by atoms with E-state index >= 15 is 0 Å². The number of hydrogen-bond donors (Lipinski definition) is 0. The van der Waals surface area contributed by atoms with Crippen LogP contribution in [0.1, 0.15) is 57.2 Å². The predicted molar refractivity (Wildman–Crippen MR) is 176 cm³/mol. The number of allylic oxidation sites excluding steroid dienone is 7. The van der Waals surface area contributed by atoms with Crippen molar-refractivity contribution in [3.63, 3.8) is 0 Å². The lowest BCUT2D eigenvalue weighted by Crippen LogP contribution is -2.40. The molecule has 3 aliphatic rings. The summed E-state index contributed by atoms with van der Waals surface area (Å²) in [6.07, 6.45) is 5.44. The van der Waals surface area contributed by atoms with Crippen molar-refractivity contribution in [1.82, 2.24) is 9.13 Å². The van der Waals surface area contributed by atoms with Gasteiger partial charge >= 0.3 is 5.69 Å². The fourth-order valence-corrected chi connectivity index (χ4v) is 7.69. The number of aromatic nitrogens is 2. The summed E-state index contributed by atoms with van der Waals surface area (Å²) in [7, 11) is 6.97. The minimum Gasteiger partial charge on any atom is -0.859 e. The smallest absolute Gasteiger partial charge is 0.329 e. The molecule has 1 aromatic heterocycles. The topological polar surface area (TPSA) is 73.3 Å². The van der Waals surface area contributed by atoms with Crippen molar-refractivity contribution in [3.8, 4) is 5.88 Å². The van der Waals surface area contributed by atoms with E-state index in [1.165, 1.54) is 25.2 Å². The van der Waals surface area contributed by atoms with Gasteiger partial charge in [-0.3, -0.25) is 9.36 Å². The van der Waals surface area contributed by atoms with Gasteiger partial charge in [-0.25, -0.2) is 4.79 Å². The quantitative estimate of drug-likeness (QED) is 0.393. The molecular weight excluding hydrogens is 548 g/mol. The van der Waals surface area contributed by atoms with E-state index in [9.17, 15) is 14.7 Å². The van der Waals surface area contributed by atoms with Crippen LogP contribution < -0.4 is 21.3 Å². The fraction of sp³-hybridized carbons (Fsp3) is 0.324. The first-order valence-electron chi connectivity index (χ1n) is 15.1. The number of fused-ring (bicyclic) bond motifs is 2. The van der Waals surface area contributed by atoms with Gasteiger partial charge in [-0.1, -0.05) is 62.9 Å². The van der Waals surface area contributed by atoms with E-state index in [-0.39, 0.29) is 16.4 Å². The first-order chi connectivity index (χ1) is 20.7. The lowest BCUT2D eigenvalue weighted by Gasteiger charge is -2.24. The Balaban J connectivity index is 1.58. The van der Waals surface area contributed by atoms with Gasteiger partial charge in [-0.2, -0.15) is 4.58 Å². The summed E-state index contributed by atoms with van der Waals surface area (Å²) < 4.78 is 4.23. The zero-order valence-electron chi connectivity index (χ0n) is 26.9. The van der Waals surface area contributed by atoms with Gasteiger partial charge in [0.1, 0.15) is 7.05 Å². The molecule has 3 aromatic rings. The van der Waals surface area contributed by atoms with Gasteiger partial charge in [-0.05, 0) is 67.0 Å². The van der Waals surface area contributed by atoms with Crippen LogP contribution in [0.3, 0.4) is 0 Å². The number of hydrogen-bond acceptors (Lipinski definition) is 4. The average molecular weight is 589 g/mol. The van der Waals surface area contributed by atoms with Crippen LogP contribution in [0.25, 0.3) is 5.57 Å². The Morgan fingerprint density at radius 2 is 1.52 bits per heavy atom. The van der Waals surface area contributed by atoms with Gasteiger partial charge in [0.25, 0.3) is 5.56 Å². The molecule has 3 heterocycles. The maximum atomic E-state index is 13.7. The van der Waals surface area contributed by atoms with Crippen LogP contribution in [-0.2, 0) is 24.9 Å². The number of rotatable bonds is 4. The number of nitrogens with zero attached hydrogens (tertiary/aromatic N) is 4. The molecule has 7 heteroatoms. The summed E-state index contributed by atoms with van der Waals surface area (Å²) in [6, 6.07) is 16.7. The number of benzene rings is 2.